The molecule has 0 radical (unpaired) electrons. The maximum Gasteiger partial charge on any atom is 0.337 e. The van der Waals surface area contributed by atoms with Crippen molar-refractivity contribution in [2.24, 2.45) is 4.99 Å². The van der Waals surface area contributed by atoms with Crippen molar-refractivity contribution in [2.45, 2.75) is 9.96 Å². The average molecular weight is 571 g/mol. The zero-order valence-electron chi connectivity index (χ0n) is 18.1. The van der Waals surface area contributed by atoms with Gasteiger partial charge < -0.3 is 4.90 Å². The number of likely N-dealkylation sites (N-methyl/N-ethyl adjacent to an activating group) is 1. The third-order valence-corrected chi connectivity index (χ3v) is 6.29. The predicted molar refractivity (Wildman–Crippen MR) is 144 cm³/mol. The molecule has 180 valence electrons. The molecule has 1 fully saturated rings. The van der Waals surface area contributed by atoms with Gasteiger partial charge in [0.05, 0.1) is 5.69 Å². The van der Waals surface area contributed by atoms with Crippen LogP contribution in [0.3, 0.4) is 0 Å². The fraction of sp³-hybridized carbons (Fsp3) is 0.125. The van der Waals surface area contributed by atoms with Crippen LogP contribution in [0.1, 0.15) is 0 Å². The number of halogens is 5. The van der Waals surface area contributed by atoms with Crippen LogP contribution >= 0.6 is 58.0 Å². The van der Waals surface area contributed by atoms with Gasteiger partial charge in [0.1, 0.15) is 0 Å². The van der Waals surface area contributed by atoms with Gasteiger partial charge in [-0.1, -0.05) is 76.2 Å². The van der Waals surface area contributed by atoms with Gasteiger partial charge in [0.15, 0.2) is 6.17 Å². The first-order valence-corrected chi connectivity index (χ1v) is 12.1. The molecule has 3 aromatic rings. The van der Waals surface area contributed by atoms with Crippen molar-refractivity contribution >= 4 is 92.8 Å². The molecular weight excluding hydrogens is 554 g/mol. The molecule has 1 heterocycles. The summed E-state index contributed by atoms with van der Waals surface area (Å²) in [6.45, 7) is 0. The molecule has 3 aromatic carbocycles. The van der Waals surface area contributed by atoms with Gasteiger partial charge in [0.2, 0.25) is 9.63 Å². The van der Waals surface area contributed by atoms with Gasteiger partial charge in [-0.25, -0.2) is 14.7 Å². The van der Waals surface area contributed by atoms with Gasteiger partial charge in [-0.3, -0.25) is 9.69 Å². The highest BCUT2D eigenvalue weighted by molar-refractivity contribution is 6.68. The molecule has 1 atom stereocenters. The highest BCUT2D eigenvalue weighted by atomic mass is 35.6. The fourth-order valence-corrected chi connectivity index (χ4v) is 4.24. The number of alkyl halides is 3. The lowest BCUT2D eigenvalue weighted by Crippen LogP contribution is -2.42. The Morgan fingerprint density at radius 2 is 1.29 bits per heavy atom. The number of rotatable bonds is 5. The number of amides is 3. The molecule has 4 rings (SSSR count). The first-order chi connectivity index (χ1) is 16.6. The predicted octanol–water partition coefficient (Wildman–Crippen LogP) is 7.32. The molecule has 1 unspecified atom stereocenters. The van der Waals surface area contributed by atoms with Crippen molar-refractivity contribution in [1.82, 2.24) is 4.90 Å². The first-order valence-electron chi connectivity index (χ1n) is 10.2. The normalized spacial score (nSPS) is 16.2. The number of nitrogens with zero attached hydrogens (tertiary/aromatic N) is 4. The summed E-state index contributed by atoms with van der Waals surface area (Å²) in [5.74, 6) is -0.821. The van der Waals surface area contributed by atoms with E-state index in [1.807, 2.05) is 0 Å². The summed E-state index contributed by atoms with van der Waals surface area (Å²) in [4.78, 5) is 34.6. The van der Waals surface area contributed by atoms with Crippen LogP contribution in [0.2, 0.25) is 10.0 Å². The van der Waals surface area contributed by atoms with Gasteiger partial charge in [-0.15, -0.1) is 0 Å². The third-order valence-electron chi connectivity index (χ3n) is 5.20. The van der Waals surface area contributed by atoms with Crippen LogP contribution in [0.4, 0.5) is 21.9 Å². The largest absolute Gasteiger partial charge is 0.337 e. The Hall–Kier alpha value is -2.48. The average Bonchev–Trinajstić information content (AvgIpc) is 3.03. The van der Waals surface area contributed by atoms with E-state index < -0.39 is 21.9 Å². The summed E-state index contributed by atoms with van der Waals surface area (Å²) in [6.07, 6.45) is -1.25. The summed E-state index contributed by atoms with van der Waals surface area (Å²) in [7, 11) is 1.44. The Morgan fingerprint density at radius 3 is 1.74 bits per heavy atom. The van der Waals surface area contributed by atoms with Crippen LogP contribution in [0.25, 0.3) is 0 Å². The lowest BCUT2D eigenvalue weighted by molar-refractivity contribution is -0.111. The summed E-state index contributed by atoms with van der Waals surface area (Å²) in [5, 5.41) is 1.02. The minimum Gasteiger partial charge on any atom is -0.315 e. The second-order valence-corrected chi connectivity index (χ2v) is 10.8. The molecule has 0 bridgehead atoms. The number of aliphatic imine (C=N–C) groups is 1. The summed E-state index contributed by atoms with van der Waals surface area (Å²) >= 11 is 31.4. The van der Waals surface area contributed by atoms with Gasteiger partial charge in [0, 0.05) is 28.5 Å². The molecule has 1 saturated heterocycles. The van der Waals surface area contributed by atoms with Crippen LogP contribution in [-0.2, 0) is 4.79 Å². The topological polar surface area (TPSA) is 56.2 Å². The highest BCUT2D eigenvalue weighted by Gasteiger charge is 2.45. The maximum atomic E-state index is 13.3. The Kier molecular flexibility index (Phi) is 7.50. The Labute approximate surface area is 227 Å². The van der Waals surface area contributed by atoms with Gasteiger partial charge >= 0.3 is 11.9 Å². The van der Waals surface area contributed by atoms with Crippen molar-refractivity contribution in [3.05, 3.63) is 88.9 Å². The lowest BCUT2D eigenvalue weighted by Gasteiger charge is -2.35. The number of amidine groups is 1. The van der Waals surface area contributed by atoms with E-state index in [9.17, 15) is 9.59 Å². The molecule has 0 saturated carbocycles. The zero-order valence-corrected chi connectivity index (χ0v) is 21.9. The molecule has 1 aliphatic rings. The van der Waals surface area contributed by atoms with E-state index >= 15 is 0 Å². The number of para-hydroxylation sites is 1. The minimum atomic E-state index is -2.02. The van der Waals surface area contributed by atoms with Crippen molar-refractivity contribution in [3.63, 3.8) is 0 Å². The van der Waals surface area contributed by atoms with Crippen molar-refractivity contribution in [2.75, 3.05) is 16.8 Å². The number of hydrogen-bond acceptors (Lipinski definition) is 4. The maximum absolute atomic E-state index is 13.3. The van der Waals surface area contributed by atoms with Crippen molar-refractivity contribution in [1.29, 1.82) is 0 Å². The number of carbonyl (C=O) groups is 2. The molecule has 1 aliphatic heterocycles. The second kappa shape index (κ2) is 10.2. The standard InChI is InChI=1S/C24H17Cl5N4O2/c1-31-20(21(34)33(23(31)35)17-5-3-2-4-6-17)30-22(24(27,28)29)32(18-11-7-15(25)8-12-18)19-13-9-16(26)10-14-19/h2-14,22H,1H3/b30-20+. The lowest BCUT2D eigenvalue weighted by atomic mass is 10.2. The van der Waals surface area contributed by atoms with E-state index in [0.29, 0.717) is 27.1 Å². The molecule has 11 heteroatoms. The van der Waals surface area contributed by atoms with Crippen LogP contribution in [0.5, 0.6) is 0 Å². The Morgan fingerprint density at radius 1 is 0.800 bits per heavy atom. The van der Waals surface area contributed by atoms with Crippen molar-refractivity contribution in [3.8, 4) is 0 Å². The smallest absolute Gasteiger partial charge is 0.315 e. The third kappa shape index (κ3) is 5.37. The van der Waals surface area contributed by atoms with E-state index in [1.54, 1.807) is 83.8 Å². The number of carbonyl (C=O) groups excluding carboxylic acids is 2. The van der Waals surface area contributed by atoms with Crippen LogP contribution < -0.4 is 9.80 Å². The van der Waals surface area contributed by atoms with Crippen LogP contribution in [0, 0.1) is 0 Å². The number of hydrogen-bond donors (Lipinski definition) is 0. The van der Waals surface area contributed by atoms with E-state index in [1.165, 1.54) is 7.05 Å². The molecule has 3 amide bonds. The monoisotopic (exact) mass is 568 g/mol. The summed E-state index contributed by atoms with van der Waals surface area (Å²) in [5.41, 5.74) is 1.56. The Balaban J connectivity index is 1.85. The number of anilines is 3. The SMILES string of the molecule is CN1C(=O)N(c2ccccc2)C(=O)/C1=N\C(N(c1ccc(Cl)cc1)c1ccc(Cl)cc1)C(Cl)(Cl)Cl. The van der Waals surface area contributed by atoms with Crippen LogP contribution in [0.15, 0.2) is 83.9 Å². The van der Waals surface area contributed by atoms with Gasteiger partial charge in [-0.05, 0) is 60.7 Å². The van der Waals surface area contributed by atoms with Crippen LogP contribution in [-0.4, -0.2) is 39.7 Å². The van der Waals surface area contributed by atoms with E-state index in [2.05, 4.69) is 4.99 Å². The zero-order chi connectivity index (χ0) is 25.3. The van der Waals surface area contributed by atoms with Gasteiger partial charge in [-0.2, -0.15) is 0 Å². The minimum absolute atomic E-state index is 0.178. The summed E-state index contributed by atoms with van der Waals surface area (Å²) in [6, 6.07) is 21.5. The molecule has 0 N–H and O–H groups in total. The van der Waals surface area contributed by atoms with E-state index in [-0.39, 0.29) is 5.84 Å². The highest BCUT2D eigenvalue weighted by Crippen LogP contribution is 2.41. The van der Waals surface area contributed by atoms with Crippen molar-refractivity contribution < 1.29 is 9.59 Å². The molecule has 0 spiro atoms. The molecule has 0 aliphatic carbocycles. The second-order valence-electron chi connectivity index (χ2n) is 7.51. The molecule has 0 aromatic heterocycles. The quantitative estimate of drug-likeness (QED) is 0.239. The number of benzene rings is 3. The number of urea groups is 1. The van der Waals surface area contributed by atoms with Gasteiger partial charge in [0.25, 0.3) is 0 Å². The molecule has 6 nitrogen and oxygen atoms in total. The summed E-state index contributed by atoms with van der Waals surface area (Å²) < 4.78 is -2.02. The fourth-order valence-electron chi connectivity index (χ4n) is 3.55. The number of imide groups is 1. The van der Waals surface area contributed by atoms with E-state index in [0.717, 1.165) is 9.80 Å². The molecule has 35 heavy (non-hydrogen) atoms. The molecular formula is C24H17Cl5N4O2. The Bertz CT molecular complexity index is 1220. The van der Waals surface area contributed by atoms with E-state index in [4.69, 9.17) is 58.0 Å². The first kappa shape index (κ1) is 25.6.